The van der Waals surface area contributed by atoms with E-state index in [4.69, 9.17) is 21.1 Å². The van der Waals surface area contributed by atoms with Crippen LogP contribution in [0.3, 0.4) is 0 Å². The number of hydrogen-bond acceptors (Lipinski definition) is 4. The van der Waals surface area contributed by atoms with E-state index in [0.717, 1.165) is 12.8 Å². The predicted molar refractivity (Wildman–Crippen MR) is 98.9 cm³/mol. The number of benzene rings is 1. The van der Waals surface area contributed by atoms with Crippen LogP contribution in [0.2, 0.25) is 5.02 Å². The fraction of sp³-hybridized carbons (Fsp3) is 0.500. The Hall–Kier alpha value is -2.01. The van der Waals surface area contributed by atoms with Crippen molar-refractivity contribution in [2.45, 2.75) is 44.6 Å². The predicted octanol–water partition coefficient (Wildman–Crippen LogP) is 3.96. The van der Waals surface area contributed by atoms with Gasteiger partial charge < -0.3 is 14.4 Å². The Bertz CT molecular complexity index is 697. The van der Waals surface area contributed by atoms with Gasteiger partial charge in [0, 0.05) is 11.1 Å². The lowest BCUT2D eigenvalue weighted by Gasteiger charge is -2.30. The molecule has 0 bridgehead atoms. The molecule has 5 nitrogen and oxygen atoms in total. The Morgan fingerprint density at radius 1 is 1.31 bits per heavy atom. The second-order valence-corrected chi connectivity index (χ2v) is 7.35. The van der Waals surface area contributed by atoms with Gasteiger partial charge in [-0.05, 0) is 30.5 Å². The number of ether oxygens (including phenoxy) is 2. The molecule has 0 saturated heterocycles. The molecule has 1 aliphatic carbocycles. The molecule has 0 N–H and O–H groups in total. The van der Waals surface area contributed by atoms with E-state index >= 15 is 0 Å². The molecule has 1 aromatic rings. The number of hydrogen-bond donors (Lipinski definition) is 0. The minimum atomic E-state index is -0.563. The molecule has 1 heterocycles. The average Bonchev–Trinajstić information content (AvgIpc) is 3.00. The lowest BCUT2D eigenvalue weighted by molar-refractivity contribution is -0.151. The summed E-state index contributed by atoms with van der Waals surface area (Å²) in [5, 5.41) is 0.564. The van der Waals surface area contributed by atoms with Crippen molar-refractivity contribution in [1.82, 2.24) is 4.90 Å². The number of carbonyl (C=O) groups is 2. The van der Waals surface area contributed by atoms with Gasteiger partial charge in [-0.1, -0.05) is 49.8 Å². The van der Waals surface area contributed by atoms with Gasteiger partial charge in [-0.3, -0.25) is 4.79 Å². The zero-order valence-corrected chi connectivity index (χ0v) is 15.7. The van der Waals surface area contributed by atoms with Crippen LogP contribution in [0, 0.1) is 5.92 Å². The maximum atomic E-state index is 12.5. The quantitative estimate of drug-likeness (QED) is 0.704. The van der Waals surface area contributed by atoms with Crippen molar-refractivity contribution < 1.29 is 19.1 Å². The molecule has 1 atom stereocenters. The third-order valence-corrected chi connectivity index (χ3v) is 5.30. The summed E-state index contributed by atoms with van der Waals surface area (Å²) in [5.41, 5.74) is 0. The molecule has 1 aromatic carbocycles. The standard InChI is InChI=1S/C20H24ClNO4/c1-25-20(24)18(10-14-6-3-2-4-7-14)22-13-17(12-19(22)23)26-16-9-5-8-15(21)11-16/h5,8-9,11-12,14,18H,2-4,6-7,10,13H2,1H3. The van der Waals surface area contributed by atoms with E-state index in [1.165, 1.54) is 32.4 Å². The normalized spacial score (nSPS) is 19.2. The topological polar surface area (TPSA) is 55.8 Å². The van der Waals surface area contributed by atoms with Gasteiger partial charge in [0.15, 0.2) is 0 Å². The van der Waals surface area contributed by atoms with Gasteiger partial charge in [0.05, 0.1) is 13.7 Å². The molecule has 0 radical (unpaired) electrons. The minimum Gasteiger partial charge on any atom is -0.467 e. The van der Waals surface area contributed by atoms with Gasteiger partial charge in [0.1, 0.15) is 17.6 Å². The molecular weight excluding hydrogens is 354 g/mol. The van der Waals surface area contributed by atoms with Crippen LogP contribution in [-0.4, -0.2) is 36.5 Å². The van der Waals surface area contributed by atoms with E-state index in [9.17, 15) is 9.59 Å². The minimum absolute atomic E-state index is 0.215. The summed E-state index contributed by atoms with van der Waals surface area (Å²) >= 11 is 5.97. The van der Waals surface area contributed by atoms with E-state index in [-0.39, 0.29) is 18.4 Å². The zero-order chi connectivity index (χ0) is 18.5. The van der Waals surface area contributed by atoms with Crippen LogP contribution < -0.4 is 4.74 Å². The first kappa shape index (κ1) is 18.8. The van der Waals surface area contributed by atoms with E-state index < -0.39 is 6.04 Å². The number of esters is 1. The molecule has 0 aromatic heterocycles. The fourth-order valence-corrected chi connectivity index (χ4v) is 3.93. The van der Waals surface area contributed by atoms with Crippen molar-refractivity contribution in [3.8, 4) is 5.75 Å². The van der Waals surface area contributed by atoms with Crippen LogP contribution in [0.5, 0.6) is 5.75 Å². The summed E-state index contributed by atoms with van der Waals surface area (Å²) in [6.07, 6.45) is 7.93. The maximum Gasteiger partial charge on any atom is 0.328 e. The highest BCUT2D eigenvalue weighted by atomic mass is 35.5. The molecule has 3 rings (SSSR count). The largest absolute Gasteiger partial charge is 0.467 e. The third kappa shape index (κ3) is 4.58. The molecule has 1 aliphatic heterocycles. The molecule has 1 unspecified atom stereocenters. The summed E-state index contributed by atoms with van der Waals surface area (Å²) in [6.45, 7) is 0.262. The fourth-order valence-electron chi connectivity index (χ4n) is 3.74. The maximum absolute atomic E-state index is 12.5. The molecule has 1 saturated carbocycles. The van der Waals surface area contributed by atoms with Crippen molar-refractivity contribution in [3.05, 3.63) is 41.1 Å². The second-order valence-electron chi connectivity index (χ2n) is 6.91. The lowest BCUT2D eigenvalue weighted by Crippen LogP contribution is -2.44. The van der Waals surface area contributed by atoms with Crippen LogP contribution in [-0.2, 0) is 14.3 Å². The van der Waals surface area contributed by atoms with Crippen LogP contribution in [0.1, 0.15) is 38.5 Å². The van der Waals surface area contributed by atoms with E-state index in [1.807, 2.05) is 0 Å². The summed E-state index contributed by atoms with van der Waals surface area (Å²) < 4.78 is 10.7. The van der Waals surface area contributed by atoms with E-state index in [2.05, 4.69) is 0 Å². The summed E-state index contributed by atoms with van der Waals surface area (Å²) in [4.78, 5) is 26.4. The third-order valence-electron chi connectivity index (χ3n) is 5.07. The van der Waals surface area contributed by atoms with Gasteiger partial charge in [0.25, 0.3) is 5.91 Å². The Morgan fingerprint density at radius 3 is 2.77 bits per heavy atom. The van der Waals surface area contributed by atoms with Crippen molar-refractivity contribution >= 4 is 23.5 Å². The molecule has 26 heavy (non-hydrogen) atoms. The van der Waals surface area contributed by atoms with E-state index in [1.54, 1.807) is 29.2 Å². The average molecular weight is 378 g/mol. The monoisotopic (exact) mass is 377 g/mol. The molecule has 6 heteroatoms. The highest BCUT2D eigenvalue weighted by Crippen LogP contribution is 2.30. The van der Waals surface area contributed by atoms with Crippen LogP contribution in [0.25, 0.3) is 0 Å². The highest BCUT2D eigenvalue weighted by molar-refractivity contribution is 6.30. The second kappa shape index (κ2) is 8.58. The van der Waals surface area contributed by atoms with Crippen LogP contribution in [0.4, 0.5) is 0 Å². The smallest absolute Gasteiger partial charge is 0.328 e. The van der Waals surface area contributed by atoms with Crippen molar-refractivity contribution in [1.29, 1.82) is 0 Å². The number of methoxy groups -OCH3 is 1. The number of carbonyl (C=O) groups excluding carboxylic acids is 2. The first-order valence-electron chi connectivity index (χ1n) is 9.09. The Kier molecular flexibility index (Phi) is 6.20. The van der Waals surface area contributed by atoms with Gasteiger partial charge in [0.2, 0.25) is 0 Å². The van der Waals surface area contributed by atoms with Gasteiger partial charge in [-0.25, -0.2) is 4.79 Å². The molecule has 0 spiro atoms. The summed E-state index contributed by atoms with van der Waals surface area (Å²) in [6, 6.07) is 6.45. The number of halogens is 1. The number of amides is 1. The zero-order valence-electron chi connectivity index (χ0n) is 14.9. The van der Waals surface area contributed by atoms with Crippen molar-refractivity contribution in [2.24, 2.45) is 5.92 Å². The molecule has 1 fully saturated rings. The Balaban J connectivity index is 1.68. The van der Waals surface area contributed by atoms with Crippen molar-refractivity contribution in [2.75, 3.05) is 13.7 Å². The molecular formula is C20H24ClNO4. The Labute approximate surface area is 158 Å². The SMILES string of the molecule is COC(=O)C(CC1CCCCC1)N1CC(Oc2cccc(Cl)c2)=CC1=O. The van der Waals surface area contributed by atoms with Gasteiger partial charge in [-0.15, -0.1) is 0 Å². The summed E-state index contributed by atoms with van der Waals surface area (Å²) in [7, 11) is 1.37. The first-order chi connectivity index (χ1) is 12.6. The summed E-state index contributed by atoms with van der Waals surface area (Å²) in [5.74, 6) is 0.961. The van der Waals surface area contributed by atoms with Crippen molar-refractivity contribution in [3.63, 3.8) is 0 Å². The van der Waals surface area contributed by atoms with E-state index in [0.29, 0.717) is 28.9 Å². The lowest BCUT2D eigenvalue weighted by atomic mass is 9.84. The molecule has 140 valence electrons. The molecule has 2 aliphatic rings. The number of rotatable bonds is 6. The highest BCUT2D eigenvalue weighted by Gasteiger charge is 2.36. The van der Waals surface area contributed by atoms with Gasteiger partial charge in [-0.2, -0.15) is 0 Å². The van der Waals surface area contributed by atoms with Crippen LogP contribution >= 0.6 is 11.6 Å². The Morgan fingerprint density at radius 2 is 2.08 bits per heavy atom. The van der Waals surface area contributed by atoms with Gasteiger partial charge >= 0.3 is 5.97 Å². The number of nitrogens with zero attached hydrogens (tertiary/aromatic N) is 1. The molecule has 1 amide bonds. The first-order valence-corrected chi connectivity index (χ1v) is 9.47. The van der Waals surface area contributed by atoms with Crippen LogP contribution in [0.15, 0.2) is 36.1 Å².